The zero-order valence-corrected chi connectivity index (χ0v) is 12.5. The van der Waals surface area contributed by atoms with E-state index in [0.717, 1.165) is 6.20 Å². The molecule has 2 heterocycles. The van der Waals surface area contributed by atoms with Crippen molar-refractivity contribution in [1.82, 2.24) is 15.0 Å². The van der Waals surface area contributed by atoms with Gasteiger partial charge in [0.05, 0.1) is 11.8 Å². The molecule has 124 valence electrons. The van der Waals surface area contributed by atoms with Crippen LogP contribution in [-0.2, 0) is 16.0 Å². The highest BCUT2D eigenvalue weighted by Crippen LogP contribution is 2.29. The van der Waals surface area contributed by atoms with Crippen molar-refractivity contribution in [3.8, 4) is 6.07 Å². The van der Waals surface area contributed by atoms with Crippen LogP contribution in [0.25, 0.3) is 0 Å². The van der Waals surface area contributed by atoms with E-state index in [0.29, 0.717) is 18.3 Å². The Bertz CT molecular complexity index is 888. The van der Waals surface area contributed by atoms with Crippen LogP contribution in [0.15, 0.2) is 53.1 Å². The molecule has 24 heavy (non-hydrogen) atoms. The van der Waals surface area contributed by atoms with Gasteiger partial charge < -0.3 is 5.32 Å². The number of nitrogens with one attached hydrogen (secondary N) is 1. The van der Waals surface area contributed by atoms with Crippen molar-refractivity contribution in [3.05, 3.63) is 53.6 Å². The molecule has 0 aliphatic rings. The topological polar surface area (TPSA) is 109 Å². The van der Waals surface area contributed by atoms with E-state index in [1.165, 1.54) is 24.7 Å². The van der Waals surface area contributed by atoms with Gasteiger partial charge in [0, 0.05) is 24.8 Å². The third kappa shape index (κ3) is 3.85. The van der Waals surface area contributed by atoms with E-state index in [1.54, 1.807) is 0 Å². The predicted molar refractivity (Wildman–Crippen MR) is 75.8 cm³/mol. The molecule has 0 aromatic carbocycles. The van der Waals surface area contributed by atoms with Crippen LogP contribution in [0.5, 0.6) is 0 Å². The molecule has 1 N–H and O–H groups in total. The van der Waals surface area contributed by atoms with E-state index >= 15 is 0 Å². The maximum absolute atomic E-state index is 12.5. The number of nitrogens with zero attached hydrogens (tertiary/aromatic N) is 4. The second kappa shape index (κ2) is 6.63. The summed E-state index contributed by atoms with van der Waals surface area (Å²) in [5.74, 6) is 0.181. The Morgan fingerprint density at radius 2 is 1.96 bits per heavy atom. The molecule has 2 rings (SSSR count). The van der Waals surface area contributed by atoms with Crippen molar-refractivity contribution in [2.24, 2.45) is 0 Å². The Morgan fingerprint density at radius 1 is 1.21 bits per heavy atom. The van der Waals surface area contributed by atoms with Gasteiger partial charge in [0.1, 0.15) is 11.9 Å². The largest absolute Gasteiger partial charge is 0.417 e. The molecule has 0 fully saturated rings. The Hall–Kier alpha value is -3.00. The third-order valence-electron chi connectivity index (χ3n) is 2.65. The summed E-state index contributed by atoms with van der Waals surface area (Å²) in [7, 11) is -4.37. The first-order chi connectivity index (χ1) is 11.2. The maximum atomic E-state index is 12.5. The van der Waals surface area contributed by atoms with Gasteiger partial charge in [-0.15, -0.1) is 0 Å². The molecular weight excluding hydrogens is 347 g/mol. The number of anilines is 1. The molecule has 0 saturated heterocycles. The summed E-state index contributed by atoms with van der Waals surface area (Å²) < 4.78 is 61.9. The van der Waals surface area contributed by atoms with Crippen LogP contribution in [0, 0.1) is 11.3 Å². The van der Waals surface area contributed by atoms with Crippen LogP contribution in [0.3, 0.4) is 0 Å². The molecule has 2 aromatic rings. The molecule has 0 amide bonds. The van der Waals surface area contributed by atoms with Crippen molar-refractivity contribution in [1.29, 1.82) is 5.26 Å². The van der Waals surface area contributed by atoms with E-state index in [1.807, 2.05) is 0 Å². The molecule has 0 aliphatic heterocycles. The van der Waals surface area contributed by atoms with Gasteiger partial charge >= 0.3 is 6.18 Å². The van der Waals surface area contributed by atoms with Crippen molar-refractivity contribution in [2.75, 3.05) is 5.32 Å². The van der Waals surface area contributed by atoms with E-state index < -0.39 is 31.5 Å². The lowest BCUT2D eigenvalue weighted by atomic mass is 10.3. The monoisotopic (exact) mass is 355 g/mol. The summed E-state index contributed by atoms with van der Waals surface area (Å²) >= 11 is 0. The standard InChI is InChI=1S/C13H8F3N5O2S/c14-13(15,16)9-1-2-12(21-6-9)24(22,23)10(5-17)7-20-11-8-18-3-4-19-11/h1-4,6-8H,(H,19,20)/b10-7+. The smallest absolute Gasteiger partial charge is 0.343 e. The van der Waals surface area contributed by atoms with Crippen molar-refractivity contribution >= 4 is 15.7 Å². The number of hydrogen-bond donors (Lipinski definition) is 1. The van der Waals surface area contributed by atoms with Gasteiger partial charge in [-0.1, -0.05) is 0 Å². The van der Waals surface area contributed by atoms with Crippen LogP contribution in [0.1, 0.15) is 5.56 Å². The molecular formula is C13H8F3N5O2S. The minimum atomic E-state index is -4.64. The number of alkyl halides is 3. The zero-order chi connectivity index (χ0) is 17.8. The van der Waals surface area contributed by atoms with Gasteiger partial charge in [0.2, 0.25) is 9.84 Å². The lowest BCUT2D eigenvalue weighted by Crippen LogP contribution is -2.10. The number of allylic oxidation sites excluding steroid dienone is 1. The number of sulfone groups is 1. The zero-order valence-electron chi connectivity index (χ0n) is 11.7. The fourth-order valence-electron chi connectivity index (χ4n) is 1.50. The summed E-state index contributed by atoms with van der Waals surface area (Å²) in [6, 6.07) is 2.72. The van der Waals surface area contributed by atoms with Crippen molar-refractivity contribution in [3.63, 3.8) is 0 Å². The normalized spacial score (nSPS) is 12.5. The van der Waals surface area contributed by atoms with Crippen molar-refractivity contribution < 1.29 is 21.6 Å². The number of rotatable bonds is 4. The first-order valence-corrected chi connectivity index (χ1v) is 7.64. The Morgan fingerprint density at radius 3 is 2.46 bits per heavy atom. The highest BCUT2D eigenvalue weighted by molar-refractivity contribution is 7.95. The van der Waals surface area contributed by atoms with E-state index in [-0.39, 0.29) is 5.82 Å². The van der Waals surface area contributed by atoms with Crippen LogP contribution in [0.4, 0.5) is 19.0 Å². The minimum Gasteiger partial charge on any atom is -0.343 e. The Balaban J connectivity index is 2.32. The third-order valence-corrected chi connectivity index (χ3v) is 4.23. The molecule has 0 radical (unpaired) electrons. The second-order valence-corrected chi connectivity index (χ2v) is 6.11. The summed E-state index contributed by atoms with van der Waals surface area (Å²) in [4.78, 5) is 10.1. The second-order valence-electron chi connectivity index (χ2n) is 4.24. The summed E-state index contributed by atoms with van der Waals surface area (Å²) in [6.07, 6.45) is 0.624. The first kappa shape index (κ1) is 17.4. The molecule has 7 nitrogen and oxygen atoms in total. The van der Waals surface area contributed by atoms with Crippen LogP contribution in [0.2, 0.25) is 0 Å². The predicted octanol–water partition coefficient (Wildman–Crippen LogP) is 2.14. The lowest BCUT2D eigenvalue weighted by Gasteiger charge is -2.07. The molecule has 11 heteroatoms. The SMILES string of the molecule is N#C/C(=C\Nc1cnccn1)S(=O)(=O)c1ccc(C(F)(F)F)cn1. The molecule has 0 atom stereocenters. The van der Waals surface area contributed by atoms with Gasteiger partial charge in [-0.2, -0.15) is 18.4 Å². The Labute approximate surface area is 134 Å². The number of halogens is 3. The van der Waals surface area contributed by atoms with Gasteiger partial charge in [-0.3, -0.25) is 4.98 Å². The number of pyridine rings is 1. The molecule has 2 aromatic heterocycles. The molecule has 0 unspecified atom stereocenters. The number of aromatic nitrogens is 3. The fraction of sp³-hybridized carbons (Fsp3) is 0.0769. The number of nitriles is 1. The average molecular weight is 355 g/mol. The summed E-state index contributed by atoms with van der Waals surface area (Å²) in [5, 5.41) is 10.8. The minimum absolute atomic E-state index is 0.181. The molecule has 0 bridgehead atoms. The molecule has 0 aliphatic carbocycles. The van der Waals surface area contributed by atoms with E-state index in [2.05, 4.69) is 20.3 Å². The van der Waals surface area contributed by atoms with Gasteiger partial charge in [0.15, 0.2) is 9.93 Å². The van der Waals surface area contributed by atoms with Gasteiger partial charge in [-0.25, -0.2) is 18.4 Å². The highest BCUT2D eigenvalue weighted by atomic mass is 32.2. The summed E-state index contributed by atoms with van der Waals surface area (Å²) in [6.45, 7) is 0. The highest BCUT2D eigenvalue weighted by Gasteiger charge is 2.32. The Kier molecular flexibility index (Phi) is 4.79. The number of hydrogen-bond acceptors (Lipinski definition) is 7. The van der Waals surface area contributed by atoms with Gasteiger partial charge in [-0.05, 0) is 12.1 Å². The van der Waals surface area contributed by atoms with E-state index in [4.69, 9.17) is 5.26 Å². The molecule has 0 spiro atoms. The van der Waals surface area contributed by atoms with Crippen LogP contribution in [-0.4, -0.2) is 23.4 Å². The van der Waals surface area contributed by atoms with Crippen LogP contribution < -0.4 is 5.32 Å². The summed E-state index contributed by atoms with van der Waals surface area (Å²) in [5.41, 5.74) is -1.10. The average Bonchev–Trinajstić information content (AvgIpc) is 2.55. The van der Waals surface area contributed by atoms with Gasteiger partial charge in [0.25, 0.3) is 0 Å². The maximum Gasteiger partial charge on any atom is 0.417 e. The quantitative estimate of drug-likeness (QED) is 0.837. The first-order valence-electron chi connectivity index (χ1n) is 6.16. The molecule has 0 saturated carbocycles. The van der Waals surface area contributed by atoms with Crippen LogP contribution >= 0.6 is 0 Å². The fourth-order valence-corrected chi connectivity index (χ4v) is 2.50. The van der Waals surface area contributed by atoms with E-state index in [9.17, 15) is 21.6 Å². The lowest BCUT2D eigenvalue weighted by molar-refractivity contribution is -0.137. The van der Waals surface area contributed by atoms with Crippen molar-refractivity contribution in [2.45, 2.75) is 11.2 Å².